The van der Waals surface area contributed by atoms with E-state index in [1.54, 1.807) is 29.2 Å². The van der Waals surface area contributed by atoms with Crippen LogP contribution in [-0.2, 0) is 38.9 Å². The molecule has 1 aliphatic heterocycles. The number of para-hydroxylation sites is 1. The Morgan fingerprint density at radius 2 is 1.65 bits per heavy atom. The molecule has 1 aliphatic rings. The molecule has 0 bridgehead atoms. The SMILES string of the molecule is COc1ccccc1C(N)(C(=O)N(CCc1ccc(C(F)(F)F)cc1)Cc1ccccc1)C1=COCO1. The molecule has 0 spiro atoms. The first-order valence-electron chi connectivity index (χ1n) is 11.6. The highest BCUT2D eigenvalue weighted by Crippen LogP contribution is 2.38. The number of nitrogens with two attached hydrogens (primary N) is 1. The number of hydrogen-bond donors (Lipinski definition) is 1. The standard InChI is InChI=1S/C28H27F3N2O4/c1-35-24-10-6-5-9-23(24)27(32,25-18-36-19-37-25)26(34)33(17-21-7-3-2-4-8-21)16-15-20-11-13-22(14-12-20)28(29,30)31/h2-14,18H,15-17,19,32H2,1H3. The Morgan fingerprint density at radius 1 is 0.973 bits per heavy atom. The van der Waals surface area contributed by atoms with Gasteiger partial charge < -0.3 is 24.8 Å². The van der Waals surface area contributed by atoms with Gasteiger partial charge in [-0.05, 0) is 35.7 Å². The van der Waals surface area contributed by atoms with Crippen molar-refractivity contribution in [3.8, 4) is 5.75 Å². The maximum absolute atomic E-state index is 14.3. The fraction of sp³-hybridized carbons (Fsp3) is 0.250. The molecular weight excluding hydrogens is 485 g/mol. The lowest BCUT2D eigenvalue weighted by atomic mass is 9.86. The highest BCUT2D eigenvalue weighted by molar-refractivity contribution is 5.91. The van der Waals surface area contributed by atoms with Crippen molar-refractivity contribution in [1.29, 1.82) is 0 Å². The molecule has 1 amide bonds. The summed E-state index contributed by atoms with van der Waals surface area (Å²) in [7, 11) is 1.48. The molecule has 37 heavy (non-hydrogen) atoms. The average Bonchev–Trinajstić information content (AvgIpc) is 3.46. The number of carbonyl (C=O) groups excluding carboxylic acids is 1. The first kappa shape index (κ1) is 26.1. The molecule has 0 fully saturated rings. The van der Waals surface area contributed by atoms with Gasteiger partial charge in [-0.2, -0.15) is 13.2 Å². The zero-order chi connectivity index (χ0) is 26.5. The van der Waals surface area contributed by atoms with Crippen molar-refractivity contribution in [2.24, 2.45) is 5.73 Å². The van der Waals surface area contributed by atoms with Gasteiger partial charge in [0.1, 0.15) is 12.0 Å². The maximum Gasteiger partial charge on any atom is 0.416 e. The van der Waals surface area contributed by atoms with Crippen molar-refractivity contribution in [3.05, 3.63) is 113 Å². The second-order valence-corrected chi connectivity index (χ2v) is 8.58. The van der Waals surface area contributed by atoms with Crippen molar-refractivity contribution >= 4 is 5.91 Å². The molecule has 0 aliphatic carbocycles. The minimum absolute atomic E-state index is 0.0824. The molecule has 0 radical (unpaired) electrons. The summed E-state index contributed by atoms with van der Waals surface area (Å²) < 4.78 is 55.3. The Kier molecular flexibility index (Phi) is 7.73. The van der Waals surface area contributed by atoms with Gasteiger partial charge in [0.25, 0.3) is 5.91 Å². The number of halogens is 3. The third-order valence-corrected chi connectivity index (χ3v) is 6.19. The number of benzene rings is 3. The van der Waals surface area contributed by atoms with Crippen LogP contribution in [0.5, 0.6) is 5.75 Å². The molecule has 1 heterocycles. The topological polar surface area (TPSA) is 74.0 Å². The van der Waals surface area contributed by atoms with E-state index in [9.17, 15) is 18.0 Å². The van der Waals surface area contributed by atoms with Crippen LogP contribution in [-0.4, -0.2) is 31.3 Å². The summed E-state index contributed by atoms with van der Waals surface area (Å²) in [6, 6.07) is 21.2. The molecule has 2 N–H and O–H groups in total. The van der Waals surface area contributed by atoms with E-state index in [0.29, 0.717) is 23.3 Å². The Balaban J connectivity index is 1.68. The Morgan fingerprint density at radius 3 is 2.27 bits per heavy atom. The van der Waals surface area contributed by atoms with Crippen LogP contribution in [0.1, 0.15) is 22.3 Å². The second kappa shape index (κ2) is 11.0. The number of carbonyl (C=O) groups is 1. The van der Waals surface area contributed by atoms with Crippen LogP contribution >= 0.6 is 0 Å². The average molecular weight is 513 g/mol. The Bertz CT molecular complexity index is 1250. The fourth-order valence-electron chi connectivity index (χ4n) is 4.20. The number of amides is 1. The van der Waals surface area contributed by atoms with Gasteiger partial charge in [-0.25, -0.2) is 0 Å². The largest absolute Gasteiger partial charge is 0.496 e. The van der Waals surface area contributed by atoms with Crippen molar-refractivity contribution < 1.29 is 32.2 Å². The lowest BCUT2D eigenvalue weighted by molar-refractivity contribution is -0.138. The number of ether oxygens (including phenoxy) is 3. The van der Waals surface area contributed by atoms with Gasteiger partial charge in [0.2, 0.25) is 6.79 Å². The van der Waals surface area contributed by atoms with E-state index in [1.165, 1.54) is 25.5 Å². The van der Waals surface area contributed by atoms with Crippen LogP contribution in [0.4, 0.5) is 13.2 Å². The molecule has 1 unspecified atom stereocenters. The van der Waals surface area contributed by atoms with Crippen molar-refractivity contribution in [2.75, 3.05) is 20.4 Å². The van der Waals surface area contributed by atoms with E-state index < -0.39 is 23.2 Å². The molecular formula is C28H27F3N2O4. The smallest absolute Gasteiger partial charge is 0.416 e. The van der Waals surface area contributed by atoms with E-state index in [-0.39, 0.29) is 25.6 Å². The van der Waals surface area contributed by atoms with E-state index >= 15 is 0 Å². The van der Waals surface area contributed by atoms with Crippen LogP contribution < -0.4 is 10.5 Å². The predicted molar refractivity (Wildman–Crippen MR) is 131 cm³/mol. The fourth-order valence-corrected chi connectivity index (χ4v) is 4.20. The van der Waals surface area contributed by atoms with Gasteiger partial charge in [0, 0.05) is 18.7 Å². The molecule has 194 valence electrons. The number of rotatable bonds is 9. The van der Waals surface area contributed by atoms with Crippen LogP contribution in [0.25, 0.3) is 0 Å². The maximum atomic E-state index is 14.3. The van der Waals surface area contributed by atoms with Gasteiger partial charge in [-0.3, -0.25) is 4.79 Å². The summed E-state index contributed by atoms with van der Waals surface area (Å²) in [5.74, 6) is 0.0660. The molecule has 4 rings (SSSR count). The molecule has 6 nitrogen and oxygen atoms in total. The number of nitrogens with zero attached hydrogens (tertiary/aromatic N) is 1. The van der Waals surface area contributed by atoms with Crippen LogP contribution in [0, 0.1) is 0 Å². The second-order valence-electron chi connectivity index (χ2n) is 8.58. The molecule has 9 heteroatoms. The zero-order valence-electron chi connectivity index (χ0n) is 20.2. The summed E-state index contributed by atoms with van der Waals surface area (Å²) in [6.07, 6.45) is -2.78. The zero-order valence-corrected chi connectivity index (χ0v) is 20.2. The van der Waals surface area contributed by atoms with Gasteiger partial charge in [0.05, 0.1) is 12.7 Å². The predicted octanol–water partition coefficient (Wildman–Crippen LogP) is 4.99. The molecule has 0 saturated carbocycles. The number of hydrogen-bond acceptors (Lipinski definition) is 5. The van der Waals surface area contributed by atoms with Gasteiger partial charge in [-0.1, -0.05) is 60.7 Å². The summed E-state index contributed by atoms with van der Waals surface area (Å²) in [5.41, 5.74) is 6.29. The minimum atomic E-state index is -4.42. The summed E-state index contributed by atoms with van der Waals surface area (Å²) in [4.78, 5) is 15.8. The van der Waals surface area contributed by atoms with E-state index in [2.05, 4.69) is 0 Å². The quantitative estimate of drug-likeness (QED) is 0.438. The molecule has 3 aromatic carbocycles. The van der Waals surface area contributed by atoms with Crippen molar-refractivity contribution in [2.45, 2.75) is 24.7 Å². The third kappa shape index (κ3) is 5.72. The minimum Gasteiger partial charge on any atom is -0.496 e. The monoisotopic (exact) mass is 512 g/mol. The number of alkyl halides is 3. The number of methoxy groups -OCH3 is 1. The Labute approximate surface area is 213 Å². The van der Waals surface area contributed by atoms with Gasteiger partial charge in [0.15, 0.2) is 11.3 Å². The highest BCUT2D eigenvalue weighted by Gasteiger charge is 2.47. The first-order valence-corrected chi connectivity index (χ1v) is 11.6. The van der Waals surface area contributed by atoms with Crippen LogP contribution in [0.15, 0.2) is 90.9 Å². The third-order valence-electron chi connectivity index (χ3n) is 6.19. The van der Waals surface area contributed by atoms with Crippen LogP contribution in [0.2, 0.25) is 0 Å². The molecule has 0 saturated heterocycles. The highest BCUT2D eigenvalue weighted by atomic mass is 19.4. The van der Waals surface area contributed by atoms with Crippen molar-refractivity contribution in [3.63, 3.8) is 0 Å². The summed E-state index contributed by atoms with van der Waals surface area (Å²) in [6.45, 7) is 0.338. The first-order chi connectivity index (χ1) is 17.7. The van der Waals surface area contributed by atoms with Gasteiger partial charge in [-0.15, -0.1) is 0 Å². The van der Waals surface area contributed by atoms with Crippen molar-refractivity contribution in [1.82, 2.24) is 4.90 Å². The summed E-state index contributed by atoms with van der Waals surface area (Å²) in [5, 5.41) is 0. The molecule has 3 aromatic rings. The molecule has 1 atom stereocenters. The lowest BCUT2D eigenvalue weighted by Crippen LogP contribution is -2.54. The van der Waals surface area contributed by atoms with E-state index in [1.807, 2.05) is 30.3 Å². The normalized spacial score (nSPS) is 14.7. The lowest BCUT2D eigenvalue weighted by Gasteiger charge is -2.35. The van der Waals surface area contributed by atoms with Crippen LogP contribution in [0.3, 0.4) is 0 Å². The molecule has 0 aromatic heterocycles. The summed E-state index contributed by atoms with van der Waals surface area (Å²) >= 11 is 0. The Hall–Kier alpha value is -3.98. The van der Waals surface area contributed by atoms with E-state index in [0.717, 1.165) is 17.7 Å². The van der Waals surface area contributed by atoms with E-state index in [4.69, 9.17) is 19.9 Å². The van der Waals surface area contributed by atoms with Gasteiger partial charge >= 0.3 is 6.18 Å².